The van der Waals surface area contributed by atoms with Gasteiger partial charge in [-0.05, 0) is 98.2 Å². The Morgan fingerprint density at radius 1 is 1.00 bits per heavy atom. The van der Waals surface area contributed by atoms with E-state index in [1.165, 1.54) is 51.4 Å². The molecular formula is C28H46O3. The van der Waals surface area contributed by atoms with E-state index < -0.39 is 0 Å². The normalized spacial score (nSPS) is 49.3. The van der Waals surface area contributed by atoms with Crippen LogP contribution < -0.4 is 0 Å². The Hall–Kier alpha value is -0.570. The number of hydrogen-bond donors (Lipinski definition) is 0. The number of carbonyl (C=O) groups is 1. The fourth-order valence-corrected chi connectivity index (χ4v) is 9.84. The standard InChI is InChI=1S/C28H46O3/c1-17(2)6-7-18(3)22-8-9-23-21-15-26-25-14-20(31-19(4)29)10-13-28(25,16-30-26)24(21)11-12-27(22,23)5/h17-18,20-26H,6-16H2,1-5H3/t18-,20+,21+,22-,23+,24+,25?,26-,27-,28+/m1/s1. The minimum absolute atomic E-state index is 0.111. The Labute approximate surface area is 190 Å². The van der Waals surface area contributed by atoms with Gasteiger partial charge in [-0.3, -0.25) is 4.79 Å². The van der Waals surface area contributed by atoms with Crippen LogP contribution in [0.3, 0.4) is 0 Å². The zero-order valence-electron chi connectivity index (χ0n) is 20.7. The molecule has 3 heteroatoms. The maximum absolute atomic E-state index is 11.6. The van der Waals surface area contributed by atoms with Crippen molar-refractivity contribution in [1.82, 2.24) is 0 Å². The zero-order valence-corrected chi connectivity index (χ0v) is 20.7. The molecule has 3 nitrogen and oxygen atoms in total. The van der Waals surface area contributed by atoms with E-state index in [2.05, 4.69) is 27.7 Å². The number of hydrogen-bond acceptors (Lipinski definition) is 3. The molecule has 4 aliphatic carbocycles. The highest BCUT2D eigenvalue weighted by molar-refractivity contribution is 5.66. The second-order valence-corrected chi connectivity index (χ2v) is 13.0. The lowest BCUT2D eigenvalue weighted by Gasteiger charge is -2.60. The number of ether oxygens (including phenoxy) is 2. The molecule has 2 bridgehead atoms. The summed E-state index contributed by atoms with van der Waals surface area (Å²) in [5.74, 6) is 5.75. The molecule has 0 aromatic heterocycles. The van der Waals surface area contributed by atoms with Crippen molar-refractivity contribution >= 4 is 5.97 Å². The van der Waals surface area contributed by atoms with Gasteiger partial charge in [0, 0.05) is 12.3 Å². The van der Waals surface area contributed by atoms with Crippen molar-refractivity contribution in [3.63, 3.8) is 0 Å². The molecule has 0 spiro atoms. The molecule has 1 heterocycles. The Morgan fingerprint density at radius 2 is 1.81 bits per heavy atom. The first kappa shape index (κ1) is 22.2. The monoisotopic (exact) mass is 430 g/mol. The Kier molecular flexibility index (Phi) is 5.76. The van der Waals surface area contributed by atoms with Gasteiger partial charge in [0.15, 0.2) is 0 Å². The SMILES string of the molecule is CC(=O)O[C@H]1CC[C@]23CO[C@H](C[C@@H]4[C@@H]2CC[C@]2(C)[C@@H]([C@H](C)CCC(C)C)CC[C@@H]42)C3C1. The minimum Gasteiger partial charge on any atom is -0.463 e. The van der Waals surface area contributed by atoms with Crippen LogP contribution in [0.4, 0.5) is 0 Å². The van der Waals surface area contributed by atoms with Gasteiger partial charge in [0.1, 0.15) is 6.10 Å². The summed E-state index contributed by atoms with van der Waals surface area (Å²) < 4.78 is 12.2. The van der Waals surface area contributed by atoms with E-state index in [0.29, 0.717) is 22.9 Å². The number of rotatable bonds is 5. The van der Waals surface area contributed by atoms with Crippen LogP contribution in [0.5, 0.6) is 0 Å². The second-order valence-electron chi connectivity index (χ2n) is 13.0. The molecule has 0 aromatic rings. The predicted molar refractivity (Wildman–Crippen MR) is 123 cm³/mol. The van der Waals surface area contributed by atoms with Crippen LogP contribution in [0.1, 0.15) is 98.8 Å². The van der Waals surface area contributed by atoms with Crippen LogP contribution >= 0.6 is 0 Å². The summed E-state index contributed by atoms with van der Waals surface area (Å²) in [4.78, 5) is 11.6. The summed E-state index contributed by atoms with van der Waals surface area (Å²) in [6, 6.07) is 0. The van der Waals surface area contributed by atoms with Gasteiger partial charge in [0.25, 0.3) is 0 Å². The van der Waals surface area contributed by atoms with Gasteiger partial charge in [-0.1, -0.05) is 40.5 Å². The van der Waals surface area contributed by atoms with E-state index in [0.717, 1.165) is 55.0 Å². The van der Waals surface area contributed by atoms with Gasteiger partial charge in [-0.2, -0.15) is 0 Å². The van der Waals surface area contributed by atoms with Crippen LogP contribution in [0.25, 0.3) is 0 Å². The van der Waals surface area contributed by atoms with Crippen molar-refractivity contribution in [3.8, 4) is 0 Å². The Morgan fingerprint density at radius 3 is 2.55 bits per heavy atom. The van der Waals surface area contributed by atoms with E-state index in [-0.39, 0.29) is 12.1 Å². The number of esters is 1. The van der Waals surface area contributed by atoms with E-state index in [1.54, 1.807) is 6.92 Å². The highest BCUT2D eigenvalue weighted by Crippen LogP contribution is 2.70. The maximum atomic E-state index is 11.6. The molecule has 4 saturated carbocycles. The third kappa shape index (κ3) is 3.51. The van der Waals surface area contributed by atoms with Crippen LogP contribution in [-0.4, -0.2) is 24.8 Å². The third-order valence-electron chi connectivity index (χ3n) is 11.2. The fourth-order valence-electron chi connectivity index (χ4n) is 9.84. The van der Waals surface area contributed by atoms with Gasteiger partial charge in [0.05, 0.1) is 12.7 Å². The van der Waals surface area contributed by atoms with E-state index in [4.69, 9.17) is 9.47 Å². The molecule has 5 fully saturated rings. The van der Waals surface area contributed by atoms with Crippen LogP contribution in [0.15, 0.2) is 0 Å². The van der Waals surface area contributed by atoms with Crippen LogP contribution in [0.2, 0.25) is 0 Å². The number of carbonyl (C=O) groups excluding carboxylic acids is 1. The first-order valence-electron chi connectivity index (χ1n) is 13.5. The molecule has 1 aliphatic heterocycles. The second kappa shape index (κ2) is 8.03. The average Bonchev–Trinajstić information content (AvgIpc) is 3.20. The van der Waals surface area contributed by atoms with E-state index >= 15 is 0 Å². The molecule has 31 heavy (non-hydrogen) atoms. The Bertz CT molecular complexity index is 688. The van der Waals surface area contributed by atoms with Crippen molar-refractivity contribution in [2.24, 2.45) is 52.3 Å². The molecule has 0 radical (unpaired) electrons. The highest BCUT2D eigenvalue weighted by atomic mass is 16.5. The minimum atomic E-state index is -0.111. The number of fused-ring (bicyclic) bond motifs is 3. The smallest absolute Gasteiger partial charge is 0.302 e. The van der Waals surface area contributed by atoms with Crippen LogP contribution in [0, 0.1) is 52.3 Å². The fraction of sp³-hybridized carbons (Fsp3) is 0.964. The van der Waals surface area contributed by atoms with Crippen molar-refractivity contribution < 1.29 is 14.3 Å². The molecule has 1 unspecified atom stereocenters. The van der Waals surface area contributed by atoms with Gasteiger partial charge in [-0.15, -0.1) is 0 Å². The van der Waals surface area contributed by atoms with Crippen molar-refractivity contribution in [1.29, 1.82) is 0 Å². The molecule has 176 valence electrons. The van der Waals surface area contributed by atoms with Gasteiger partial charge >= 0.3 is 5.97 Å². The molecular weight excluding hydrogens is 384 g/mol. The summed E-state index contributed by atoms with van der Waals surface area (Å²) >= 11 is 0. The molecule has 10 atom stereocenters. The van der Waals surface area contributed by atoms with Gasteiger partial charge < -0.3 is 9.47 Å². The summed E-state index contributed by atoms with van der Waals surface area (Å²) in [5, 5.41) is 0. The molecule has 0 amide bonds. The van der Waals surface area contributed by atoms with E-state index in [1.807, 2.05) is 0 Å². The quantitative estimate of drug-likeness (QED) is 0.459. The maximum Gasteiger partial charge on any atom is 0.302 e. The van der Waals surface area contributed by atoms with Gasteiger partial charge in [-0.25, -0.2) is 0 Å². The van der Waals surface area contributed by atoms with Crippen molar-refractivity contribution in [3.05, 3.63) is 0 Å². The first-order chi connectivity index (χ1) is 14.7. The summed E-state index contributed by atoms with van der Waals surface area (Å²) in [6.45, 7) is 12.5. The molecule has 0 N–H and O–H groups in total. The molecule has 5 aliphatic rings. The molecule has 5 rings (SSSR count). The van der Waals surface area contributed by atoms with Crippen molar-refractivity contribution in [2.45, 2.75) is 111 Å². The lowest BCUT2D eigenvalue weighted by atomic mass is 9.44. The Balaban J connectivity index is 1.33. The van der Waals surface area contributed by atoms with Crippen molar-refractivity contribution in [2.75, 3.05) is 6.61 Å². The predicted octanol–water partition coefficient (Wildman–Crippen LogP) is 6.64. The van der Waals surface area contributed by atoms with E-state index in [9.17, 15) is 4.79 Å². The first-order valence-corrected chi connectivity index (χ1v) is 13.5. The lowest BCUT2D eigenvalue weighted by molar-refractivity contribution is -0.158. The van der Waals surface area contributed by atoms with Crippen LogP contribution in [-0.2, 0) is 14.3 Å². The lowest BCUT2D eigenvalue weighted by Crippen LogP contribution is -2.56. The average molecular weight is 431 g/mol. The molecule has 1 saturated heterocycles. The van der Waals surface area contributed by atoms with Gasteiger partial charge in [0.2, 0.25) is 0 Å². The summed E-state index contributed by atoms with van der Waals surface area (Å²) in [6.07, 6.45) is 13.7. The molecule has 0 aromatic carbocycles. The largest absolute Gasteiger partial charge is 0.463 e. The topological polar surface area (TPSA) is 35.5 Å². The summed E-state index contributed by atoms with van der Waals surface area (Å²) in [5.41, 5.74) is 0.933. The zero-order chi connectivity index (χ0) is 22.0. The third-order valence-corrected chi connectivity index (χ3v) is 11.2. The highest BCUT2D eigenvalue weighted by Gasteiger charge is 2.66. The summed E-state index contributed by atoms with van der Waals surface area (Å²) in [7, 11) is 0.